The maximum atomic E-state index is 11.9. The molecule has 0 radical (unpaired) electrons. The number of nitrogens with two attached hydrogens (primary N) is 1. The van der Waals surface area contributed by atoms with Crippen LogP contribution in [0.15, 0.2) is 0 Å². The molecule has 0 unspecified atom stereocenters. The third-order valence-electron chi connectivity index (χ3n) is 2.60. The summed E-state index contributed by atoms with van der Waals surface area (Å²) in [6.07, 6.45) is 0.243. The Morgan fingerprint density at radius 2 is 2.18 bits per heavy atom. The normalized spacial score (nSPS) is 18.9. The number of hydrogen-bond donors (Lipinski definition) is 2. The van der Waals surface area contributed by atoms with E-state index < -0.39 is 5.41 Å². The van der Waals surface area contributed by atoms with Gasteiger partial charge in [0, 0.05) is 6.42 Å². The Morgan fingerprint density at radius 1 is 1.47 bits per heavy atom. The van der Waals surface area contributed by atoms with Crippen LogP contribution in [0.1, 0.15) is 25.3 Å². The molecule has 2 amide bonds. The van der Waals surface area contributed by atoms with Crippen LogP contribution in [0.3, 0.4) is 0 Å². The number of likely N-dealkylation sites (tertiary alicyclic amines) is 1. The molecule has 7 nitrogen and oxygen atoms in total. The molecule has 92 valence electrons. The fourth-order valence-electron chi connectivity index (χ4n) is 1.70. The lowest BCUT2D eigenvalue weighted by atomic mass is 9.92. The second kappa shape index (κ2) is 4.04. The molecule has 0 aliphatic carbocycles. The van der Waals surface area contributed by atoms with E-state index in [9.17, 15) is 9.59 Å². The first-order valence-corrected chi connectivity index (χ1v) is 5.89. The predicted molar refractivity (Wildman–Crippen MR) is 61.7 cm³/mol. The van der Waals surface area contributed by atoms with Gasteiger partial charge < -0.3 is 0 Å². The van der Waals surface area contributed by atoms with E-state index in [4.69, 9.17) is 5.84 Å². The van der Waals surface area contributed by atoms with Crippen molar-refractivity contribution in [1.29, 1.82) is 0 Å². The largest absolute Gasteiger partial charge is 0.298 e. The second-order valence-corrected chi connectivity index (χ2v) is 5.55. The number of imide groups is 1. The molecule has 3 N–H and O–H groups in total. The summed E-state index contributed by atoms with van der Waals surface area (Å²) >= 11 is 1.22. The molecular weight excluding hydrogens is 242 g/mol. The summed E-state index contributed by atoms with van der Waals surface area (Å²) < 4.78 is 0. The minimum absolute atomic E-state index is 0.167. The monoisotopic (exact) mass is 255 g/mol. The Hall–Kier alpha value is -1.54. The van der Waals surface area contributed by atoms with Crippen LogP contribution in [0, 0.1) is 5.41 Å². The van der Waals surface area contributed by atoms with Gasteiger partial charge in [0.1, 0.15) is 5.01 Å². The van der Waals surface area contributed by atoms with Crippen molar-refractivity contribution in [2.24, 2.45) is 11.3 Å². The summed E-state index contributed by atoms with van der Waals surface area (Å²) in [5.74, 6) is 4.84. The zero-order valence-electron chi connectivity index (χ0n) is 9.56. The number of hydrogen-bond acceptors (Lipinski definition) is 7. The SMILES string of the molecule is CC1(C)CC(=O)N(Cc2nnc(NN)s2)C1=O. The minimum atomic E-state index is -0.614. The molecule has 8 heteroatoms. The smallest absolute Gasteiger partial charge is 0.235 e. The Labute approximate surface area is 102 Å². The van der Waals surface area contributed by atoms with Crippen LogP contribution in [0.4, 0.5) is 5.13 Å². The van der Waals surface area contributed by atoms with Gasteiger partial charge in [0.15, 0.2) is 0 Å². The van der Waals surface area contributed by atoms with Crippen LogP contribution in [-0.4, -0.2) is 26.9 Å². The number of rotatable bonds is 3. The fraction of sp³-hybridized carbons (Fsp3) is 0.556. The zero-order chi connectivity index (χ0) is 12.6. The van der Waals surface area contributed by atoms with Crippen LogP contribution in [0.25, 0.3) is 0 Å². The van der Waals surface area contributed by atoms with E-state index in [-0.39, 0.29) is 24.8 Å². The zero-order valence-corrected chi connectivity index (χ0v) is 10.4. The van der Waals surface area contributed by atoms with E-state index in [0.717, 1.165) is 0 Å². The minimum Gasteiger partial charge on any atom is -0.298 e. The standard InChI is InChI=1S/C9H13N5O2S/c1-9(2)3-6(15)14(7(9)16)4-5-12-13-8(11-10)17-5/h3-4,10H2,1-2H3,(H,11,13). The molecule has 2 heterocycles. The highest BCUT2D eigenvalue weighted by atomic mass is 32.1. The van der Waals surface area contributed by atoms with Gasteiger partial charge in [-0.05, 0) is 0 Å². The fourth-order valence-corrected chi connectivity index (χ4v) is 2.34. The molecule has 2 rings (SSSR count). The molecular formula is C9H13N5O2S. The van der Waals surface area contributed by atoms with Crippen molar-refractivity contribution < 1.29 is 9.59 Å². The molecule has 0 saturated carbocycles. The van der Waals surface area contributed by atoms with Gasteiger partial charge in [-0.3, -0.25) is 19.9 Å². The van der Waals surface area contributed by atoms with Crippen molar-refractivity contribution in [3.8, 4) is 0 Å². The van der Waals surface area contributed by atoms with Crippen molar-refractivity contribution in [3.63, 3.8) is 0 Å². The van der Waals surface area contributed by atoms with Crippen molar-refractivity contribution in [2.45, 2.75) is 26.8 Å². The second-order valence-electron chi connectivity index (χ2n) is 4.49. The lowest BCUT2D eigenvalue weighted by Gasteiger charge is -2.16. The lowest BCUT2D eigenvalue weighted by Crippen LogP contribution is -2.32. The molecule has 1 aromatic rings. The quantitative estimate of drug-likeness (QED) is 0.451. The highest BCUT2D eigenvalue weighted by molar-refractivity contribution is 7.15. The van der Waals surface area contributed by atoms with Crippen LogP contribution in [0.2, 0.25) is 0 Å². The molecule has 1 aliphatic heterocycles. The Morgan fingerprint density at radius 3 is 2.65 bits per heavy atom. The number of carbonyl (C=O) groups is 2. The first-order chi connectivity index (χ1) is 7.94. The van der Waals surface area contributed by atoms with Crippen LogP contribution >= 0.6 is 11.3 Å². The number of nitrogens with zero attached hydrogens (tertiary/aromatic N) is 3. The first kappa shape index (κ1) is 11.9. The number of anilines is 1. The molecule has 0 aromatic carbocycles. The molecule has 0 atom stereocenters. The van der Waals surface area contributed by atoms with E-state index in [0.29, 0.717) is 10.1 Å². The maximum Gasteiger partial charge on any atom is 0.235 e. The predicted octanol–water partition coefficient (Wildman–Crippen LogP) is 0.109. The van der Waals surface area contributed by atoms with Crippen molar-refractivity contribution >= 4 is 28.3 Å². The number of hydrazine groups is 1. The summed E-state index contributed by atoms with van der Waals surface area (Å²) in [6, 6.07) is 0. The Kier molecular flexibility index (Phi) is 2.84. The van der Waals surface area contributed by atoms with Gasteiger partial charge in [-0.2, -0.15) is 0 Å². The van der Waals surface area contributed by atoms with E-state index >= 15 is 0 Å². The van der Waals surface area contributed by atoms with Crippen LogP contribution in [0.5, 0.6) is 0 Å². The summed E-state index contributed by atoms with van der Waals surface area (Å²) in [6.45, 7) is 3.70. The molecule has 1 aliphatic rings. The van der Waals surface area contributed by atoms with E-state index in [1.165, 1.54) is 16.2 Å². The highest BCUT2D eigenvalue weighted by Gasteiger charge is 2.44. The first-order valence-electron chi connectivity index (χ1n) is 5.08. The van der Waals surface area contributed by atoms with Gasteiger partial charge >= 0.3 is 0 Å². The van der Waals surface area contributed by atoms with Gasteiger partial charge in [-0.1, -0.05) is 25.2 Å². The topological polar surface area (TPSA) is 101 Å². The molecule has 1 saturated heterocycles. The third-order valence-corrected chi connectivity index (χ3v) is 3.44. The van der Waals surface area contributed by atoms with E-state index in [2.05, 4.69) is 15.6 Å². The van der Waals surface area contributed by atoms with Crippen molar-refractivity contribution in [2.75, 3.05) is 5.43 Å². The van der Waals surface area contributed by atoms with Crippen LogP contribution < -0.4 is 11.3 Å². The number of nitrogen functional groups attached to an aromatic ring is 1. The van der Waals surface area contributed by atoms with E-state index in [1.807, 2.05) is 0 Å². The maximum absolute atomic E-state index is 11.9. The Bertz CT molecular complexity index is 470. The molecule has 0 bridgehead atoms. The van der Waals surface area contributed by atoms with Gasteiger partial charge in [0.2, 0.25) is 16.9 Å². The van der Waals surface area contributed by atoms with Gasteiger partial charge in [0.25, 0.3) is 0 Å². The molecule has 17 heavy (non-hydrogen) atoms. The van der Waals surface area contributed by atoms with Crippen LogP contribution in [-0.2, 0) is 16.1 Å². The molecule has 1 aromatic heterocycles. The summed E-state index contributed by atoms with van der Waals surface area (Å²) in [4.78, 5) is 24.9. The Balaban J connectivity index is 2.14. The van der Waals surface area contributed by atoms with Gasteiger partial charge in [0.05, 0.1) is 12.0 Å². The average molecular weight is 255 g/mol. The molecule has 1 fully saturated rings. The summed E-state index contributed by atoms with van der Waals surface area (Å²) in [5, 5.41) is 8.63. The summed E-state index contributed by atoms with van der Waals surface area (Å²) in [7, 11) is 0. The number of nitrogens with one attached hydrogen (secondary N) is 1. The number of amides is 2. The lowest BCUT2D eigenvalue weighted by molar-refractivity contribution is -0.141. The van der Waals surface area contributed by atoms with Crippen molar-refractivity contribution in [3.05, 3.63) is 5.01 Å². The number of aromatic nitrogens is 2. The average Bonchev–Trinajstić information content (AvgIpc) is 2.78. The summed E-state index contributed by atoms with van der Waals surface area (Å²) in [5.41, 5.74) is 1.75. The van der Waals surface area contributed by atoms with Crippen molar-refractivity contribution in [1.82, 2.24) is 15.1 Å². The third kappa shape index (κ3) is 2.13. The van der Waals surface area contributed by atoms with Gasteiger partial charge in [-0.25, -0.2) is 5.84 Å². The highest BCUT2D eigenvalue weighted by Crippen LogP contribution is 2.33. The van der Waals surface area contributed by atoms with E-state index in [1.54, 1.807) is 13.8 Å². The molecule has 0 spiro atoms. The van der Waals surface area contributed by atoms with Gasteiger partial charge in [-0.15, -0.1) is 10.2 Å². The number of carbonyl (C=O) groups excluding carboxylic acids is 2.